The predicted octanol–water partition coefficient (Wildman–Crippen LogP) is -0.946. The van der Waals surface area contributed by atoms with Crippen molar-refractivity contribution >= 4 is 17.8 Å². The van der Waals surface area contributed by atoms with Crippen LogP contribution in [0.25, 0.3) is 0 Å². The zero-order valence-corrected chi connectivity index (χ0v) is 8.40. The normalized spacial score (nSPS) is 11.6. The van der Waals surface area contributed by atoms with Crippen molar-refractivity contribution in [2.45, 2.75) is 19.9 Å². The molecule has 0 aromatic carbocycles. The maximum Gasteiger partial charge on any atom is 0.394 e. The van der Waals surface area contributed by atoms with Crippen molar-refractivity contribution in [1.29, 1.82) is 0 Å². The third kappa shape index (κ3) is 3.42. The predicted molar refractivity (Wildman–Crippen MR) is 48.6 cm³/mol. The summed E-state index contributed by atoms with van der Waals surface area (Å²) >= 11 is 0. The maximum atomic E-state index is 11.4. The van der Waals surface area contributed by atoms with Gasteiger partial charge in [-0.2, -0.15) is 0 Å². The molecule has 0 aliphatic rings. The van der Waals surface area contributed by atoms with E-state index in [1.807, 2.05) is 0 Å². The molecule has 6 heteroatoms. The van der Waals surface area contributed by atoms with Gasteiger partial charge in [0, 0.05) is 13.6 Å². The smallest absolute Gasteiger partial charge is 0.394 e. The molecule has 0 aromatic heterocycles. The van der Waals surface area contributed by atoms with Crippen LogP contribution in [-0.4, -0.2) is 47.4 Å². The molecule has 80 valence electrons. The Hall–Kier alpha value is -1.59. The Bertz CT molecular complexity index is 252. The van der Waals surface area contributed by atoms with Gasteiger partial charge in [0.25, 0.3) is 0 Å². The third-order valence-electron chi connectivity index (χ3n) is 1.76. The molecule has 1 atom stereocenters. The van der Waals surface area contributed by atoms with Gasteiger partial charge < -0.3 is 15.3 Å². The molecular weight excluding hydrogens is 188 g/mol. The highest BCUT2D eigenvalue weighted by Gasteiger charge is 2.21. The van der Waals surface area contributed by atoms with Crippen LogP contribution in [0.4, 0.5) is 0 Å². The Kier molecular flexibility index (Phi) is 4.62. The number of likely N-dealkylation sites (N-methyl/N-ethyl adjacent to an activating group) is 1. The summed E-state index contributed by atoms with van der Waals surface area (Å²) in [6, 6.07) is -0.816. The topological polar surface area (TPSA) is 86.7 Å². The van der Waals surface area contributed by atoms with Crippen LogP contribution in [0.2, 0.25) is 0 Å². The lowest BCUT2D eigenvalue weighted by Crippen LogP contribution is -2.47. The van der Waals surface area contributed by atoms with Crippen LogP contribution in [0, 0.1) is 0 Å². The van der Waals surface area contributed by atoms with Crippen molar-refractivity contribution < 1.29 is 19.5 Å². The molecule has 2 amide bonds. The van der Waals surface area contributed by atoms with Crippen LogP contribution in [-0.2, 0) is 14.4 Å². The lowest BCUT2D eigenvalue weighted by atomic mass is 10.3. The van der Waals surface area contributed by atoms with Crippen LogP contribution < -0.4 is 5.32 Å². The summed E-state index contributed by atoms with van der Waals surface area (Å²) in [5.74, 6) is -3.08. The van der Waals surface area contributed by atoms with Gasteiger partial charge in [-0.05, 0) is 13.8 Å². The van der Waals surface area contributed by atoms with Gasteiger partial charge in [-0.3, -0.25) is 9.59 Å². The molecule has 6 nitrogen and oxygen atoms in total. The van der Waals surface area contributed by atoms with Crippen molar-refractivity contribution in [1.82, 2.24) is 10.2 Å². The zero-order chi connectivity index (χ0) is 11.3. The van der Waals surface area contributed by atoms with E-state index >= 15 is 0 Å². The fourth-order valence-electron chi connectivity index (χ4n) is 0.807. The standard InChI is InChI=1S/C8H14N2O4/c1-4-10(3)7(12)5(2)9-6(11)8(13)14/h5H,4H2,1-3H3,(H,9,11)(H,13,14). The number of carbonyl (C=O) groups is 3. The first kappa shape index (κ1) is 12.4. The molecule has 0 aliphatic heterocycles. The van der Waals surface area contributed by atoms with E-state index in [4.69, 9.17) is 5.11 Å². The first-order valence-electron chi connectivity index (χ1n) is 4.18. The Morgan fingerprint density at radius 1 is 1.43 bits per heavy atom. The molecule has 0 rings (SSSR count). The zero-order valence-electron chi connectivity index (χ0n) is 8.40. The largest absolute Gasteiger partial charge is 0.474 e. The van der Waals surface area contributed by atoms with E-state index in [0.717, 1.165) is 0 Å². The minimum Gasteiger partial charge on any atom is -0.474 e. The number of amides is 2. The van der Waals surface area contributed by atoms with E-state index < -0.39 is 17.9 Å². The highest BCUT2D eigenvalue weighted by Crippen LogP contribution is 1.91. The number of carboxylic acid groups (broad SMARTS) is 1. The first-order valence-corrected chi connectivity index (χ1v) is 4.18. The summed E-state index contributed by atoms with van der Waals surface area (Å²) < 4.78 is 0. The van der Waals surface area contributed by atoms with Crippen molar-refractivity contribution in [3.63, 3.8) is 0 Å². The molecule has 0 fully saturated rings. The van der Waals surface area contributed by atoms with Gasteiger partial charge in [0.1, 0.15) is 6.04 Å². The van der Waals surface area contributed by atoms with Crippen molar-refractivity contribution in [3.05, 3.63) is 0 Å². The Morgan fingerprint density at radius 2 is 1.93 bits per heavy atom. The molecule has 0 aromatic rings. The number of aliphatic carboxylic acids is 1. The number of carbonyl (C=O) groups excluding carboxylic acids is 2. The molecule has 2 N–H and O–H groups in total. The molecule has 1 unspecified atom stereocenters. The van der Waals surface area contributed by atoms with Crippen LogP contribution in [0.5, 0.6) is 0 Å². The summed E-state index contributed by atoms with van der Waals surface area (Å²) in [6.45, 7) is 3.73. The van der Waals surface area contributed by atoms with E-state index in [1.54, 1.807) is 14.0 Å². The molecule has 14 heavy (non-hydrogen) atoms. The quantitative estimate of drug-likeness (QED) is 0.578. The van der Waals surface area contributed by atoms with E-state index in [2.05, 4.69) is 5.32 Å². The molecule has 0 saturated heterocycles. The molecular formula is C8H14N2O4. The highest BCUT2D eigenvalue weighted by atomic mass is 16.4. The van der Waals surface area contributed by atoms with E-state index in [-0.39, 0.29) is 5.91 Å². The number of rotatable bonds is 3. The number of carboxylic acids is 1. The molecule has 0 saturated carbocycles. The number of hydrogen-bond acceptors (Lipinski definition) is 3. The Balaban J connectivity index is 4.21. The van der Waals surface area contributed by atoms with E-state index in [1.165, 1.54) is 11.8 Å². The van der Waals surface area contributed by atoms with Gasteiger partial charge in [-0.1, -0.05) is 0 Å². The van der Waals surface area contributed by atoms with Gasteiger partial charge in [-0.15, -0.1) is 0 Å². The Morgan fingerprint density at radius 3 is 2.29 bits per heavy atom. The molecule has 0 spiro atoms. The number of nitrogens with zero attached hydrogens (tertiary/aromatic N) is 1. The number of hydrogen-bond donors (Lipinski definition) is 2. The van der Waals surface area contributed by atoms with Crippen LogP contribution >= 0.6 is 0 Å². The SMILES string of the molecule is CCN(C)C(=O)C(C)NC(=O)C(=O)O. The van der Waals surface area contributed by atoms with E-state index in [0.29, 0.717) is 6.54 Å². The fraction of sp³-hybridized carbons (Fsp3) is 0.625. The average Bonchev–Trinajstić information content (AvgIpc) is 2.14. The maximum absolute atomic E-state index is 11.4. The van der Waals surface area contributed by atoms with Crippen molar-refractivity contribution in [3.8, 4) is 0 Å². The summed E-state index contributed by atoms with van der Waals surface area (Å²) in [6.07, 6.45) is 0. The Labute approximate surface area is 81.9 Å². The van der Waals surface area contributed by atoms with Crippen LogP contribution in [0.3, 0.4) is 0 Å². The van der Waals surface area contributed by atoms with Crippen molar-refractivity contribution in [2.24, 2.45) is 0 Å². The molecule has 0 radical (unpaired) electrons. The molecule has 0 heterocycles. The average molecular weight is 202 g/mol. The van der Waals surface area contributed by atoms with Gasteiger partial charge in [0.15, 0.2) is 0 Å². The fourth-order valence-corrected chi connectivity index (χ4v) is 0.807. The summed E-state index contributed by atoms with van der Waals surface area (Å²) in [7, 11) is 1.58. The minimum atomic E-state index is -1.59. The molecule has 0 bridgehead atoms. The monoisotopic (exact) mass is 202 g/mol. The third-order valence-corrected chi connectivity index (χ3v) is 1.76. The lowest BCUT2D eigenvalue weighted by Gasteiger charge is -2.19. The number of nitrogens with one attached hydrogen (secondary N) is 1. The van der Waals surface area contributed by atoms with Gasteiger partial charge in [-0.25, -0.2) is 4.79 Å². The second kappa shape index (κ2) is 5.21. The van der Waals surface area contributed by atoms with Crippen LogP contribution in [0.1, 0.15) is 13.8 Å². The van der Waals surface area contributed by atoms with E-state index in [9.17, 15) is 14.4 Å². The minimum absolute atomic E-state index is 0.317. The summed E-state index contributed by atoms with van der Waals surface area (Å²) in [5, 5.41) is 10.3. The van der Waals surface area contributed by atoms with Gasteiger partial charge in [0.2, 0.25) is 5.91 Å². The lowest BCUT2D eigenvalue weighted by molar-refractivity contribution is -0.151. The molecule has 0 aliphatic carbocycles. The van der Waals surface area contributed by atoms with Crippen LogP contribution in [0.15, 0.2) is 0 Å². The van der Waals surface area contributed by atoms with Gasteiger partial charge in [0.05, 0.1) is 0 Å². The first-order chi connectivity index (χ1) is 6.40. The van der Waals surface area contributed by atoms with Crippen molar-refractivity contribution in [2.75, 3.05) is 13.6 Å². The second-order valence-corrected chi connectivity index (χ2v) is 2.85. The van der Waals surface area contributed by atoms with Gasteiger partial charge >= 0.3 is 11.9 Å². The summed E-state index contributed by atoms with van der Waals surface area (Å²) in [5.41, 5.74) is 0. The summed E-state index contributed by atoms with van der Waals surface area (Å²) in [4.78, 5) is 33.6. The second-order valence-electron chi connectivity index (χ2n) is 2.85. The highest BCUT2D eigenvalue weighted by molar-refractivity contribution is 6.31.